The molecule has 1 saturated heterocycles. The summed E-state index contributed by atoms with van der Waals surface area (Å²) in [5.41, 5.74) is 1.26. The van der Waals surface area contributed by atoms with Crippen LogP contribution in [0.4, 0.5) is 0 Å². The Kier molecular flexibility index (Phi) is 5.16. The first-order valence-corrected chi connectivity index (χ1v) is 8.67. The molecule has 0 saturated carbocycles. The van der Waals surface area contributed by atoms with Gasteiger partial charge in [0, 0.05) is 38.7 Å². The molecule has 1 atom stereocenters. The molecule has 134 valence electrons. The maximum Gasteiger partial charge on any atom is 0.272 e. The van der Waals surface area contributed by atoms with Crippen molar-refractivity contribution < 1.29 is 9.59 Å². The molecule has 0 unspecified atom stereocenters. The van der Waals surface area contributed by atoms with E-state index in [4.69, 9.17) is 0 Å². The molecular formula is C17H24N6O2. The molecule has 1 aliphatic rings. The highest BCUT2D eigenvalue weighted by molar-refractivity contribution is 5.92. The lowest BCUT2D eigenvalue weighted by atomic mass is 10.1. The van der Waals surface area contributed by atoms with Crippen molar-refractivity contribution in [2.24, 2.45) is 0 Å². The summed E-state index contributed by atoms with van der Waals surface area (Å²) < 4.78 is 1.77. The monoisotopic (exact) mass is 344 g/mol. The van der Waals surface area contributed by atoms with E-state index in [9.17, 15) is 9.59 Å². The molecule has 2 amide bonds. The fourth-order valence-electron chi connectivity index (χ4n) is 3.05. The number of imidazole rings is 1. The summed E-state index contributed by atoms with van der Waals surface area (Å²) in [6, 6.07) is 1.72. The highest BCUT2D eigenvalue weighted by atomic mass is 16.2. The largest absolute Gasteiger partial charge is 0.345 e. The number of hydrogen-bond acceptors (Lipinski definition) is 4. The minimum Gasteiger partial charge on any atom is -0.345 e. The highest BCUT2D eigenvalue weighted by Gasteiger charge is 2.27. The number of carbonyl (C=O) groups is 2. The van der Waals surface area contributed by atoms with Crippen LogP contribution in [0.2, 0.25) is 0 Å². The number of rotatable bonds is 6. The van der Waals surface area contributed by atoms with Gasteiger partial charge in [-0.05, 0) is 18.9 Å². The third-order valence-corrected chi connectivity index (χ3v) is 4.43. The Morgan fingerprint density at radius 1 is 1.44 bits per heavy atom. The van der Waals surface area contributed by atoms with Gasteiger partial charge >= 0.3 is 0 Å². The van der Waals surface area contributed by atoms with E-state index < -0.39 is 0 Å². The molecule has 8 heteroatoms. The van der Waals surface area contributed by atoms with E-state index in [1.165, 1.54) is 0 Å². The first-order valence-electron chi connectivity index (χ1n) is 8.67. The van der Waals surface area contributed by atoms with E-state index in [-0.39, 0.29) is 17.7 Å². The van der Waals surface area contributed by atoms with Gasteiger partial charge in [-0.25, -0.2) is 4.98 Å². The van der Waals surface area contributed by atoms with E-state index in [1.807, 2.05) is 11.1 Å². The van der Waals surface area contributed by atoms with E-state index in [0.717, 1.165) is 37.4 Å². The van der Waals surface area contributed by atoms with Crippen molar-refractivity contribution in [1.82, 2.24) is 30.0 Å². The normalized spacial score (nSPS) is 17.0. The Morgan fingerprint density at radius 3 is 3.00 bits per heavy atom. The first-order chi connectivity index (χ1) is 12.1. The average Bonchev–Trinajstić information content (AvgIpc) is 3.32. The van der Waals surface area contributed by atoms with Crippen molar-refractivity contribution in [2.75, 3.05) is 13.1 Å². The van der Waals surface area contributed by atoms with Crippen LogP contribution in [0.5, 0.6) is 0 Å². The lowest BCUT2D eigenvalue weighted by molar-refractivity contribution is -0.127. The second-order valence-electron chi connectivity index (χ2n) is 6.39. The molecule has 25 heavy (non-hydrogen) atoms. The molecule has 0 radical (unpaired) electrons. The lowest BCUT2D eigenvalue weighted by Gasteiger charge is -2.12. The van der Waals surface area contributed by atoms with Crippen LogP contribution in [0, 0.1) is 0 Å². The predicted molar refractivity (Wildman–Crippen MR) is 91.9 cm³/mol. The Balaban J connectivity index is 1.53. The molecule has 0 bridgehead atoms. The Morgan fingerprint density at radius 2 is 2.28 bits per heavy atom. The molecule has 2 N–H and O–H groups in total. The quantitative estimate of drug-likeness (QED) is 0.825. The maximum absolute atomic E-state index is 12.2. The average molecular weight is 344 g/mol. The van der Waals surface area contributed by atoms with Gasteiger partial charge in [-0.1, -0.05) is 6.92 Å². The van der Waals surface area contributed by atoms with Crippen LogP contribution in [0.25, 0.3) is 0 Å². The van der Waals surface area contributed by atoms with E-state index in [2.05, 4.69) is 27.3 Å². The molecular weight excluding hydrogens is 320 g/mol. The number of aromatic amines is 1. The minimum atomic E-state index is -0.199. The topological polar surface area (TPSA) is 95.9 Å². The predicted octanol–water partition coefficient (Wildman–Crippen LogP) is 1.28. The molecule has 8 nitrogen and oxygen atoms in total. The summed E-state index contributed by atoms with van der Waals surface area (Å²) in [6.07, 6.45) is 5.44. The second kappa shape index (κ2) is 7.50. The van der Waals surface area contributed by atoms with E-state index in [1.54, 1.807) is 23.9 Å². The number of aromatic nitrogens is 4. The van der Waals surface area contributed by atoms with Crippen LogP contribution >= 0.6 is 0 Å². The van der Waals surface area contributed by atoms with E-state index >= 15 is 0 Å². The second-order valence-corrected chi connectivity index (χ2v) is 6.39. The molecule has 3 rings (SSSR count). The van der Waals surface area contributed by atoms with Crippen molar-refractivity contribution >= 4 is 11.8 Å². The number of nitrogens with one attached hydrogen (secondary N) is 2. The smallest absolute Gasteiger partial charge is 0.272 e. The van der Waals surface area contributed by atoms with Gasteiger partial charge in [0.1, 0.15) is 11.5 Å². The number of carbonyl (C=O) groups excluding carboxylic acids is 2. The lowest BCUT2D eigenvalue weighted by Crippen LogP contribution is -2.25. The number of likely N-dealkylation sites (tertiary alicyclic amines) is 1. The molecule has 3 heterocycles. The van der Waals surface area contributed by atoms with Crippen LogP contribution < -0.4 is 5.32 Å². The molecule has 2 aromatic heterocycles. The molecule has 0 aromatic carbocycles. The molecule has 1 fully saturated rings. The van der Waals surface area contributed by atoms with Crippen molar-refractivity contribution in [2.45, 2.75) is 45.7 Å². The SMILES string of the molecule is CCCn1ccc(C(=O)NCc2cnc([C@@H]3CCN(C(C)=O)C3)[nH]2)n1. The number of aryl methyl sites for hydroxylation is 1. The molecule has 0 spiro atoms. The first kappa shape index (κ1) is 17.2. The van der Waals surface area contributed by atoms with Gasteiger partial charge in [0.25, 0.3) is 5.91 Å². The molecule has 1 aliphatic heterocycles. The zero-order valence-corrected chi connectivity index (χ0v) is 14.7. The van der Waals surface area contributed by atoms with Gasteiger partial charge in [0.05, 0.1) is 18.4 Å². The summed E-state index contributed by atoms with van der Waals surface area (Å²) in [5.74, 6) is 1.01. The Bertz CT molecular complexity index is 750. The maximum atomic E-state index is 12.2. The Labute approximate surface area is 146 Å². The van der Waals surface area contributed by atoms with Crippen LogP contribution in [0.1, 0.15) is 54.6 Å². The number of nitrogens with zero attached hydrogens (tertiary/aromatic N) is 4. The summed E-state index contributed by atoms with van der Waals surface area (Å²) in [6.45, 7) is 6.30. The van der Waals surface area contributed by atoms with Gasteiger partial charge in [-0.3, -0.25) is 14.3 Å². The number of amides is 2. The summed E-state index contributed by atoms with van der Waals surface area (Å²) >= 11 is 0. The fraction of sp³-hybridized carbons (Fsp3) is 0.529. The van der Waals surface area contributed by atoms with Crippen molar-refractivity contribution in [3.05, 3.63) is 35.7 Å². The summed E-state index contributed by atoms with van der Waals surface area (Å²) in [5, 5.41) is 7.10. The van der Waals surface area contributed by atoms with Gasteiger partial charge in [0.15, 0.2) is 0 Å². The van der Waals surface area contributed by atoms with Gasteiger partial charge in [0.2, 0.25) is 5.91 Å². The van der Waals surface area contributed by atoms with Crippen LogP contribution in [0.3, 0.4) is 0 Å². The van der Waals surface area contributed by atoms with Gasteiger partial charge in [-0.2, -0.15) is 5.10 Å². The van der Waals surface area contributed by atoms with Crippen molar-refractivity contribution in [1.29, 1.82) is 0 Å². The summed E-state index contributed by atoms with van der Waals surface area (Å²) in [4.78, 5) is 33.1. The molecule has 2 aromatic rings. The highest BCUT2D eigenvalue weighted by Crippen LogP contribution is 2.24. The van der Waals surface area contributed by atoms with Gasteiger partial charge < -0.3 is 15.2 Å². The van der Waals surface area contributed by atoms with Crippen LogP contribution in [-0.4, -0.2) is 49.6 Å². The molecule has 0 aliphatic carbocycles. The number of hydrogen-bond donors (Lipinski definition) is 2. The third-order valence-electron chi connectivity index (χ3n) is 4.43. The van der Waals surface area contributed by atoms with Crippen LogP contribution in [0.15, 0.2) is 18.5 Å². The van der Waals surface area contributed by atoms with Crippen LogP contribution in [-0.2, 0) is 17.9 Å². The Hall–Kier alpha value is -2.64. The van der Waals surface area contributed by atoms with Crippen molar-refractivity contribution in [3.63, 3.8) is 0 Å². The zero-order chi connectivity index (χ0) is 17.8. The van der Waals surface area contributed by atoms with Crippen molar-refractivity contribution in [3.8, 4) is 0 Å². The third kappa shape index (κ3) is 4.07. The zero-order valence-electron chi connectivity index (χ0n) is 14.7. The minimum absolute atomic E-state index is 0.101. The van der Waals surface area contributed by atoms with Gasteiger partial charge in [-0.15, -0.1) is 0 Å². The van der Waals surface area contributed by atoms with E-state index in [0.29, 0.717) is 18.8 Å². The number of H-pyrrole nitrogens is 1. The summed E-state index contributed by atoms with van der Waals surface area (Å²) in [7, 11) is 0. The fourth-order valence-corrected chi connectivity index (χ4v) is 3.05. The standard InChI is InChI=1S/C17H24N6O2/c1-3-6-23-8-5-15(21-23)17(25)19-10-14-9-18-16(20-14)13-4-7-22(11-13)12(2)24/h5,8-9,13H,3-4,6-7,10-11H2,1-2H3,(H,18,20)(H,19,25)/t13-/m1/s1.